The lowest BCUT2D eigenvalue weighted by atomic mass is 9.97. The van der Waals surface area contributed by atoms with E-state index in [1.165, 1.54) is 7.11 Å². The van der Waals surface area contributed by atoms with E-state index in [0.717, 1.165) is 0 Å². The third-order valence-electron chi connectivity index (χ3n) is 2.34. The molecule has 0 saturated carbocycles. The third kappa shape index (κ3) is 2.34. The molecule has 0 spiro atoms. The average molecular weight is 186 g/mol. The Kier molecular flexibility index (Phi) is 3.11. The van der Waals surface area contributed by atoms with Gasteiger partial charge in [-0.1, -0.05) is 0 Å². The van der Waals surface area contributed by atoms with Crippen molar-refractivity contribution in [1.29, 1.82) is 0 Å². The predicted octanol–water partition coefficient (Wildman–Crippen LogP) is -0.0499. The molecule has 0 unspecified atom stereocenters. The number of methoxy groups -OCH3 is 1. The van der Waals surface area contributed by atoms with Crippen LogP contribution in [0, 0.1) is 5.92 Å². The first-order valence-corrected chi connectivity index (χ1v) is 4.27. The van der Waals surface area contributed by atoms with Crippen molar-refractivity contribution in [2.75, 3.05) is 20.2 Å². The fourth-order valence-electron chi connectivity index (χ4n) is 1.50. The van der Waals surface area contributed by atoms with Crippen LogP contribution in [0.1, 0.15) is 12.8 Å². The highest BCUT2D eigenvalue weighted by Gasteiger charge is 2.26. The minimum absolute atomic E-state index is 0.0689. The Hall–Kier alpha value is -1.26. The van der Waals surface area contributed by atoms with Crippen molar-refractivity contribution in [2.24, 2.45) is 11.7 Å². The van der Waals surface area contributed by atoms with E-state index >= 15 is 0 Å². The monoisotopic (exact) mass is 186 g/mol. The van der Waals surface area contributed by atoms with Crippen molar-refractivity contribution < 1.29 is 14.3 Å². The van der Waals surface area contributed by atoms with Crippen LogP contribution in [0.2, 0.25) is 0 Å². The molecule has 2 amide bonds. The van der Waals surface area contributed by atoms with Crippen LogP contribution in [0.25, 0.3) is 0 Å². The number of rotatable bonds is 1. The number of nitrogens with zero attached hydrogens (tertiary/aromatic N) is 1. The van der Waals surface area contributed by atoms with Crippen LogP contribution >= 0.6 is 0 Å². The summed E-state index contributed by atoms with van der Waals surface area (Å²) in [5.74, 6) is -0.260. The molecule has 0 bridgehead atoms. The molecule has 0 aromatic carbocycles. The first-order valence-electron chi connectivity index (χ1n) is 4.27. The van der Waals surface area contributed by atoms with Gasteiger partial charge in [0, 0.05) is 13.1 Å². The Morgan fingerprint density at radius 2 is 1.92 bits per heavy atom. The number of carbonyl (C=O) groups is 2. The summed E-state index contributed by atoms with van der Waals surface area (Å²) in [5, 5.41) is 0. The number of hydrogen-bond acceptors (Lipinski definition) is 3. The predicted molar refractivity (Wildman–Crippen MR) is 45.9 cm³/mol. The number of likely N-dealkylation sites (tertiary alicyclic amines) is 1. The van der Waals surface area contributed by atoms with Crippen molar-refractivity contribution in [2.45, 2.75) is 12.8 Å². The zero-order chi connectivity index (χ0) is 9.84. The second-order valence-electron chi connectivity index (χ2n) is 3.12. The minimum atomic E-state index is -0.414. The lowest BCUT2D eigenvalue weighted by Gasteiger charge is -2.29. The van der Waals surface area contributed by atoms with Gasteiger partial charge >= 0.3 is 12.0 Å². The number of carbonyl (C=O) groups excluding carboxylic acids is 2. The molecule has 0 aromatic heterocycles. The lowest BCUT2D eigenvalue weighted by molar-refractivity contribution is -0.146. The van der Waals surface area contributed by atoms with Gasteiger partial charge < -0.3 is 15.4 Å². The van der Waals surface area contributed by atoms with Gasteiger partial charge in [-0.25, -0.2) is 4.79 Å². The molecule has 1 heterocycles. The highest BCUT2D eigenvalue weighted by Crippen LogP contribution is 2.17. The second kappa shape index (κ2) is 4.11. The molecule has 0 aliphatic carbocycles. The normalized spacial score (nSPS) is 18.4. The van der Waals surface area contributed by atoms with Crippen molar-refractivity contribution >= 4 is 12.0 Å². The van der Waals surface area contributed by atoms with E-state index in [1.807, 2.05) is 0 Å². The molecule has 0 radical (unpaired) electrons. The van der Waals surface area contributed by atoms with Crippen molar-refractivity contribution in [3.05, 3.63) is 0 Å². The van der Waals surface area contributed by atoms with Crippen LogP contribution in [0.3, 0.4) is 0 Å². The maximum Gasteiger partial charge on any atom is 0.314 e. The maximum atomic E-state index is 11.1. The van der Waals surface area contributed by atoms with Gasteiger partial charge in [0.1, 0.15) is 0 Å². The van der Waals surface area contributed by atoms with Crippen LogP contribution in [-0.4, -0.2) is 37.1 Å². The molecule has 74 valence electrons. The molecule has 13 heavy (non-hydrogen) atoms. The molecule has 5 nitrogen and oxygen atoms in total. The second-order valence-corrected chi connectivity index (χ2v) is 3.12. The van der Waals surface area contributed by atoms with Crippen molar-refractivity contribution in [3.63, 3.8) is 0 Å². The zero-order valence-corrected chi connectivity index (χ0v) is 7.66. The molecule has 1 saturated heterocycles. The molecular formula is C8H14N2O3. The molecule has 0 atom stereocenters. The van der Waals surface area contributed by atoms with Gasteiger partial charge in [-0.15, -0.1) is 0 Å². The highest BCUT2D eigenvalue weighted by atomic mass is 16.5. The Labute approximate surface area is 76.8 Å². The smallest absolute Gasteiger partial charge is 0.314 e. The number of piperidine rings is 1. The Morgan fingerprint density at radius 3 is 2.31 bits per heavy atom. The summed E-state index contributed by atoms with van der Waals surface area (Å²) < 4.78 is 4.61. The number of hydrogen-bond donors (Lipinski definition) is 1. The fraction of sp³-hybridized carbons (Fsp3) is 0.750. The molecule has 5 heteroatoms. The highest BCUT2D eigenvalue weighted by molar-refractivity contribution is 5.74. The number of nitrogens with two attached hydrogens (primary N) is 1. The molecule has 1 aliphatic rings. The number of esters is 1. The first-order chi connectivity index (χ1) is 6.15. The third-order valence-corrected chi connectivity index (χ3v) is 2.34. The number of ether oxygens (including phenoxy) is 1. The summed E-state index contributed by atoms with van der Waals surface area (Å²) in [6.45, 7) is 1.10. The molecular weight excluding hydrogens is 172 g/mol. The quantitative estimate of drug-likeness (QED) is 0.583. The van der Waals surface area contributed by atoms with E-state index in [0.29, 0.717) is 25.9 Å². The van der Waals surface area contributed by atoms with Gasteiger partial charge in [0.05, 0.1) is 13.0 Å². The molecule has 2 N–H and O–H groups in total. The number of urea groups is 1. The van der Waals surface area contributed by atoms with Gasteiger partial charge in [0.25, 0.3) is 0 Å². The Balaban J connectivity index is 2.39. The lowest BCUT2D eigenvalue weighted by Crippen LogP contribution is -2.43. The van der Waals surface area contributed by atoms with Crippen LogP contribution in [-0.2, 0) is 9.53 Å². The molecule has 1 rings (SSSR count). The number of amides is 2. The summed E-state index contributed by atoms with van der Waals surface area (Å²) in [5.41, 5.74) is 5.09. The van der Waals surface area contributed by atoms with Crippen LogP contribution < -0.4 is 5.73 Å². The SMILES string of the molecule is COC(=O)C1CCN(C(N)=O)CC1. The first kappa shape index (κ1) is 9.83. The van der Waals surface area contributed by atoms with E-state index in [1.54, 1.807) is 4.90 Å². The van der Waals surface area contributed by atoms with Gasteiger partial charge in [-0.05, 0) is 12.8 Å². The summed E-state index contributed by atoms with van der Waals surface area (Å²) >= 11 is 0. The van der Waals surface area contributed by atoms with E-state index in [4.69, 9.17) is 5.73 Å². The average Bonchev–Trinajstić information content (AvgIpc) is 2.17. The summed E-state index contributed by atoms with van der Waals surface area (Å²) in [6.07, 6.45) is 1.30. The van der Waals surface area contributed by atoms with Gasteiger partial charge in [0.15, 0.2) is 0 Å². The van der Waals surface area contributed by atoms with Crippen molar-refractivity contribution in [1.82, 2.24) is 4.90 Å². The Morgan fingerprint density at radius 1 is 1.38 bits per heavy atom. The van der Waals surface area contributed by atoms with E-state index < -0.39 is 6.03 Å². The summed E-state index contributed by atoms with van der Waals surface area (Å²) in [7, 11) is 1.38. The standard InChI is InChI=1S/C8H14N2O3/c1-13-7(11)6-2-4-10(5-3-6)8(9)12/h6H,2-5H2,1H3,(H2,9,12). The minimum Gasteiger partial charge on any atom is -0.469 e. The maximum absolute atomic E-state index is 11.1. The van der Waals surface area contributed by atoms with E-state index in [2.05, 4.69) is 4.74 Å². The van der Waals surface area contributed by atoms with Crippen molar-refractivity contribution in [3.8, 4) is 0 Å². The van der Waals surface area contributed by atoms with Gasteiger partial charge in [-0.3, -0.25) is 4.79 Å². The molecule has 0 aromatic rings. The van der Waals surface area contributed by atoms with Crippen LogP contribution in [0.15, 0.2) is 0 Å². The topological polar surface area (TPSA) is 72.6 Å². The Bertz CT molecular complexity index is 209. The van der Waals surface area contributed by atoms with Gasteiger partial charge in [-0.2, -0.15) is 0 Å². The van der Waals surface area contributed by atoms with Crippen LogP contribution in [0.5, 0.6) is 0 Å². The molecule has 1 fully saturated rings. The van der Waals surface area contributed by atoms with Gasteiger partial charge in [0.2, 0.25) is 0 Å². The summed E-state index contributed by atoms with van der Waals surface area (Å²) in [6, 6.07) is -0.414. The molecule has 1 aliphatic heterocycles. The van der Waals surface area contributed by atoms with E-state index in [9.17, 15) is 9.59 Å². The van der Waals surface area contributed by atoms with E-state index in [-0.39, 0.29) is 11.9 Å². The summed E-state index contributed by atoms with van der Waals surface area (Å²) in [4.78, 5) is 23.4. The largest absolute Gasteiger partial charge is 0.469 e. The van der Waals surface area contributed by atoms with Crippen LogP contribution in [0.4, 0.5) is 4.79 Å². The number of primary amides is 1. The zero-order valence-electron chi connectivity index (χ0n) is 7.66. The fourth-order valence-corrected chi connectivity index (χ4v) is 1.50.